The molecule has 1 amide bonds. The number of non-ortho nitro benzene ring substituents is 1. The number of aromatic nitrogens is 2. The Labute approximate surface area is 171 Å². The van der Waals surface area contributed by atoms with E-state index in [4.69, 9.17) is 4.74 Å². The number of benzene rings is 2. The molecule has 0 spiro atoms. The predicted molar refractivity (Wildman–Crippen MR) is 110 cm³/mol. The summed E-state index contributed by atoms with van der Waals surface area (Å²) in [5, 5.41) is 22.5. The third-order valence-corrected chi connectivity index (χ3v) is 4.89. The van der Waals surface area contributed by atoms with Crippen molar-refractivity contribution in [2.24, 2.45) is 0 Å². The molecular weight excluding hydrogens is 392 g/mol. The van der Waals surface area contributed by atoms with Gasteiger partial charge < -0.3 is 10.1 Å². The van der Waals surface area contributed by atoms with Gasteiger partial charge in [0.1, 0.15) is 10.8 Å². The van der Waals surface area contributed by atoms with Crippen molar-refractivity contribution in [3.8, 4) is 17.0 Å². The molecule has 3 aromatic rings. The van der Waals surface area contributed by atoms with Gasteiger partial charge in [0.05, 0.1) is 23.5 Å². The van der Waals surface area contributed by atoms with Gasteiger partial charge in [-0.05, 0) is 29.8 Å². The van der Waals surface area contributed by atoms with Crippen LogP contribution in [0, 0.1) is 10.1 Å². The molecule has 0 radical (unpaired) electrons. The van der Waals surface area contributed by atoms with Gasteiger partial charge >= 0.3 is 0 Å². The highest BCUT2D eigenvalue weighted by molar-refractivity contribution is 7.99. The molecule has 3 rings (SSSR count). The van der Waals surface area contributed by atoms with Gasteiger partial charge in [0.25, 0.3) is 5.69 Å². The Morgan fingerprint density at radius 3 is 2.69 bits per heavy atom. The van der Waals surface area contributed by atoms with E-state index >= 15 is 0 Å². The topological polar surface area (TPSA) is 107 Å². The van der Waals surface area contributed by atoms with Gasteiger partial charge in [0, 0.05) is 24.2 Å². The smallest absolute Gasteiger partial charge is 0.270 e. The van der Waals surface area contributed by atoms with E-state index in [-0.39, 0.29) is 17.3 Å². The Morgan fingerprint density at radius 1 is 1.14 bits per heavy atom. The van der Waals surface area contributed by atoms with Gasteiger partial charge in [-0.2, -0.15) is 0 Å². The third-order valence-electron chi connectivity index (χ3n) is 3.97. The number of carbonyl (C=O) groups is 1. The molecule has 0 unspecified atom stereocenters. The van der Waals surface area contributed by atoms with E-state index < -0.39 is 4.92 Å². The van der Waals surface area contributed by atoms with Crippen molar-refractivity contribution in [1.82, 2.24) is 15.5 Å². The molecule has 0 saturated carbocycles. The molecule has 0 aliphatic carbocycles. The number of nitro benzene ring substituents is 1. The fraction of sp³-hybridized carbons (Fsp3) is 0.150. The molecule has 0 saturated heterocycles. The van der Waals surface area contributed by atoms with Crippen LogP contribution in [-0.2, 0) is 11.3 Å². The highest BCUT2D eigenvalue weighted by Crippen LogP contribution is 2.23. The van der Waals surface area contributed by atoms with E-state index in [0.717, 1.165) is 11.3 Å². The van der Waals surface area contributed by atoms with Gasteiger partial charge in [-0.25, -0.2) is 0 Å². The summed E-state index contributed by atoms with van der Waals surface area (Å²) in [7, 11) is 1.60. The molecule has 0 fully saturated rings. The van der Waals surface area contributed by atoms with E-state index in [1.807, 2.05) is 24.3 Å². The van der Waals surface area contributed by atoms with Crippen LogP contribution in [0.5, 0.6) is 5.75 Å². The van der Waals surface area contributed by atoms with Crippen LogP contribution >= 0.6 is 11.8 Å². The molecule has 1 N–H and O–H groups in total. The van der Waals surface area contributed by atoms with Crippen LogP contribution < -0.4 is 10.1 Å². The minimum Gasteiger partial charge on any atom is -0.497 e. The summed E-state index contributed by atoms with van der Waals surface area (Å²) in [5.41, 5.74) is 2.08. The van der Waals surface area contributed by atoms with E-state index in [2.05, 4.69) is 15.5 Å². The first-order valence-corrected chi connectivity index (χ1v) is 9.64. The Hall–Kier alpha value is -3.46. The average molecular weight is 410 g/mol. The molecule has 29 heavy (non-hydrogen) atoms. The zero-order valence-corrected chi connectivity index (χ0v) is 16.4. The number of ether oxygens (including phenoxy) is 1. The Kier molecular flexibility index (Phi) is 6.75. The zero-order valence-electron chi connectivity index (χ0n) is 15.6. The maximum absolute atomic E-state index is 12.1. The van der Waals surface area contributed by atoms with E-state index in [1.54, 1.807) is 31.4 Å². The SMILES string of the molecule is COc1cccc(CNC(=O)CSc2ccc(-c3cccc([N+](=O)[O-])c3)nn2)c1. The lowest BCUT2D eigenvalue weighted by atomic mass is 10.1. The van der Waals surface area contributed by atoms with Crippen LogP contribution in [0.3, 0.4) is 0 Å². The van der Waals surface area contributed by atoms with Gasteiger partial charge in [-0.3, -0.25) is 14.9 Å². The minimum absolute atomic E-state index is 0.00420. The maximum Gasteiger partial charge on any atom is 0.270 e. The lowest BCUT2D eigenvalue weighted by Crippen LogP contribution is -2.24. The molecule has 0 aliphatic rings. The van der Waals surface area contributed by atoms with Gasteiger partial charge in [-0.15, -0.1) is 10.2 Å². The van der Waals surface area contributed by atoms with Gasteiger partial charge in [0.2, 0.25) is 5.91 Å². The van der Waals surface area contributed by atoms with E-state index in [1.165, 1.54) is 23.9 Å². The second-order valence-corrected chi connectivity index (χ2v) is 6.98. The van der Waals surface area contributed by atoms with Crippen molar-refractivity contribution in [2.75, 3.05) is 12.9 Å². The lowest BCUT2D eigenvalue weighted by molar-refractivity contribution is -0.384. The second-order valence-electron chi connectivity index (χ2n) is 5.98. The predicted octanol–water partition coefficient (Wildman–Crippen LogP) is 3.47. The number of hydrogen-bond acceptors (Lipinski definition) is 7. The summed E-state index contributed by atoms with van der Waals surface area (Å²) >= 11 is 1.26. The van der Waals surface area contributed by atoms with Crippen molar-refractivity contribution in [2.45, 2.75) is 11.6 Å². The van der Waals surface area contributed by atoms with Crippen molar-refractivity contribution in [3.63, 3.8) is 0 Å². The first kappa shape index (κ1) is 20.3. The number of amides is 1. The summed E-state index contributed by atoms with van der Waals surface area (Å²) < 4.78 is 5.16. The lowest BCUT2D eigenvalue weighted by Gasteiger charge is -2.07. The van der Waals surface area contributed by atoms with Crippen molar-refractivity contribution in [1.29, 1.82) is 0 Å². The number of methoxy groups -OCH3 is 1. The summed E-state index contributed by atoms with van der Waals surface area (Å²) in [6.45, 7) is 0.411. The van der Waals surface area contributed by atoms with Crippen LogP contribution in [0.15, 0.2) is 65.7 Å². The molecule has 0 aliphatic heterocycles. The first-order chi connectivity index (χ1) is 14.0. The quantitative estimate of drug-likeness (QED) is 0.344. The second kappa shape index (κ2) is 9.65. The largest absolute Gasteiger partial charge is 0.497 e. The van der Waals surface area contributed by atoms with E-state index in [9.17, 15) is 14.9 Å². The number of nitrogens with zero attached hydrogens (tertiary/aromatic N) is 3. The maximum atomic E-state index is 12.1. The van der Waals surface area contributed by atoms with Gasteiger partial charge in [0.15, 0.2) is 0 Å². The fourth-order valence-electron chi connectivity index (χ4n) is 2.50. The highest BCUT2D eigenvalue weighted by Gasteiger charge is 2.09. The fourth-order valence-corrected chi connectivity index (χ4v) is 3.15. The summed E-state index contributed by atoms with van der Waals surface area (Å²) in [4.78, 5) is 22.5. The molecular formula is C20H18N4O4S. The Balaban J connectivity index is 1.52. The number of rotatable bonds is 8. The molecule has 148 valence electrons. The van der Waals surface area contributed by atoms with Crippen molar-refractivity contribution < 1.29 is 14.5 Å². The number of thioether (sulfide) groups is 1. The first-order valence-electron chi connectivity index (χ1n) is 8.66. The van der Waals surface area contributed by atoms with Crippen LogP contribution in [0.1, 0.15) is 5.56 Å². The molecule has 1 heterocycles. The van der Waals surface area contributed by atoms with Crippen LogP contribution in [0.2, 0.25) is 0 Å². The van der Waals surface area contributed by atoms with Crippen LogP contribution in [0.4, 0.5) is 5.69 Å². The number of nitro groups is 1. The number of carbonyl (C=O) groups excluding carboxylic acids is 1. The highest BCUT2D eigenvalue weighted by atomic mass is 32.2. The van der Waals surface area contributed by atoms with Crippen molar-refractivity contribution in [3.05, 3.63) is 76.3 Å². The standard InChI is InChI=1S/C20H18N4O4S/c1-28-17-7-2-4-14(10-17)12-21-19(25)13-29-20-9-8-18(22-23-20)15-5-3-6-16(11-15)24(26)27/h2-11H,12-13H2,1H3,(H,21,25). The number of hydrogen-bond donors (Lipinski definition) is 1. The molecule has 9 heteroatoms. The van der Waals surface area contributed by atoms with Crippen LogP contribution in [-0.4, -0.2) is 33.9 Å². The average Bonchev–Trinajstić information content (AvgIpc) is 2.77. The Morgan fingerprint density at radius 2 is 1.97 bits per heavy atom. The summed E-state index contributed by atoms with van der Waals surface area (Å²) in [5.74, 6) is 0.821. The molecule has 1 aromatic heterocycles. The van der Waals surface area contributed by atoms with Gasteiger partial charge in [-0.1, -0.05) is 36.0 Å². The molecule has 8 nitrogen and oxygen atoms in total. The summed E-state index contributed by atoms with van der Waals surface area (Å²) in [6.07, 6.45) is 0. The van der Waals surface area contributed by atoms with Crippen LogP contribution in [0.25, 0.3) is 11.3 Å². The summed E-state index contributed by atoms with van der Waals surface area (Å²) in [6, 6.07) is 17.2. The molecule has 0 bridgehead atoms. The minimum atomic E-state index is -0.453. The van der Waals surface area contributed by atoms with Crippen molar-refractivity contribution >= 4 is 23.4 Å². The van der Waals surface area contributed by atoms with E-state index in [0.29, 0.717) is 22.8 Å². The molecule has 0 atom stereocenters. The number of nitrogens with one attached hydrogen (secondary N) is 1. The Bertz CT molecular complexity index is 1010. The monoisotopic (exact) mass is 410 g/mol. The zero-order chi connectivity index (χ0) is 20.6. The third kappa shape index (κ3) is 5.76. The molecule has 2 aromatic carbocycles. The normalized spacial score (nSPS) is 10.4.